The summed E-state index contributed by atoms with van der Waals surface area (Å²) in [6, 6.07) is 5.28. The fourth-order valence-electron chi connectivity index (χ4n) is 1.25. The molecule has 0 heterocycles. The minimum atomic E-state index is -3.36. The third-order valence-corrected chi connectivity index (χ3v) is 3.94. The molecule has 1 N–H and O–H groups in total. The lowest BCUT2D eigenvalue weighted by Crippen LogP contribution is -2.29. The highest BCUT2D eigenvalue weighted by Gasteiger charge is 2.14. The number of benzene rings is 1. The molecule has 0 unspecified atom stereocenters. The molecule has 1 rings (SSSR count). The van der Waals surface area contributed by atoms with Crippen LogP contribution in [0.5, 0.6) is 0 Å². The summed E-state index contributed by atoms with van der Waals surface area (Å²) in [7, 11) is -3.36. The molecule has 3 nitrogen and oxygen atoms in total. The van der Waals surface area contributed by atoms with Gasteiger partial charge in [0.15, 0.2) is 0 Å². The summed E-state index contributed by atoms with van der Waals surface area (Å²) in [5.74, 6) is -0.425. The molecule has 0 amide bonds. The summed E-state index contributed by atoms with van der Waals surface area (Å²) in [5.41, 5.74) is 0.708. The van der Waals surface area contributed by atoms with Gasteiger partial charge < -0.3 is 0 Å². The number of hydrogen-bond donors (Lipinski definition) is 1. The molecule has 0 saturated carbocycles. The third-order valence-electron chi connectivity index (χ3n) is 2.07. The van der Waals surface area contributed by atoms with Crippen LogP contribution in [0.3, 0.4) is 0 Å². The van der Waals surface area contributed by atoms with Gasteiger partial charge in [-0.25, -0.2) is 17.5 Å². The maximum atomic E-state index is 12.7. The summed E-state index contributed by atoms with van der Waals surface area (Å²) >= 11 is 5.37. The Morgan fingerprint density at radius 1 is 1.38 bits per heavy atom. The first-order valence-corrected chi connectivity index (χ1v) is 6.95. The minimum absolute atomic E-state index is 0.0471. The topological polar surface area (TPSA) is 46.2 Å². The second-order valence-corrected chi connectivity index (χ2v) is 5.65. The number of rotatable bonds is 5. The van der Waals surface area contributed by atoms with Crippen molar-refractivity contribution >= 4 is 21.6 Å². The van der Waals surface area contributed by atoms with Crippen LogP contribution in [-0.2, 0) is 10.0 Å². The SMILES string of the molecule is C[C@@H](NS(=O)(=O)CCCl)c1ccc(F)cc1. The van der Waals surface area contributed by atoms with Crippen molar-refractivity contribution < 1.29 is 12.8 Å². The number of halogens is 2. The van der Waals surface area contributed by atoms with E-state index in [0.29, 0.717) is 5.56 Å². The molecule has 0 bridgehead atoms. The first kappa shape index (κ1) is 13.4. The van der Waals surface area contributed by atoms with Gasteiger partial charge in [-0.05, 0) is 24.6 Å². The Balaban J connectivity index is 2.72. The van der Waals surface area contributed by atoms with E-state index in [2.05, 4.69) is 4.72 Å². The molecule has 0 spiro atoms. The Morgan fingerprint density at radius 2 is 1.94 bits per heavy atom. The molecule has 1 aromatic rings. The van der Waals surface area contributed by atoms with Crippen LogP contribution < -0.4 is 4.72 Å². The average Bonchev–Trinajstić information content (AvgIpc) is 2.17. The van der Waals surface area contributed by atoms with E-state index in [1.807, 2.05) is 0 Å². The normalized spacial score (nSPS) is 13.7. The Hall–Kier alpha value is -0.650. The lowest BCUT2D eigenvalue weighted by atomic mass is 10.1. The van der Waals surface area contributed by atoms with Gasteiger partial charge in [0, 0.05) is 11.9 Å². The van der Waals surface area contributed by atoms with Crippen LogP contribution in [0.2, 0.25) is 0 Å². The van der Waals surface area contributed by atoms with Gasteiger partial charge in [-0.3, -0.25) is 0 Å². The van der Waals surface area contributed by atoms with Gasteiger partial charge >= 0.3 is 0 Å². The second-order valence-electron chi connectivity index (χ2n) is 3.40. The molecule has 1 atom stereocenters. The summed E-state index contributed by atoms with van der Waals surface area (Å²) in [6.45, 7) is 1.69. The quantitative estimate of drug-likeness (QED) is 0.829. The van der Waals surface area contributed by atoms with E-state index in [4.69, 9.17) is 11.6 Å². The molecular weight excluding hydrogens is 253 g/mol. The number of hydrogen-bond acceptors (Lipinski definition) is 2. The van der Waals surface area contributed by atoms with E-state index < -0.39 is 16.1 Å². The molecule has 1 aromatic carbocycles. The zero-order valence-corrected chi connectivity index (χ0v) is 10.4. The van der Waals surface area contributed by atoms with Crippen LogP contribution in [0, 0.1) is 5.82 Å². The molecule has 0 aromatic heterocycles. The average molecular weight is 266 g/mol. The van der Waals surface area contributed by atoms with Crippen molar-refractivity contribution in [3.63, 3.8) is 0 Å². The molecule has 0 aliphatic rings. The highest BCUT2D eigenvalue weighted by Crippen LogP contribution is 2.13. The lowest BCUT2D eigenvalue weighted by molar-refractivity contribution is 0.568. The van der Waals surface area contributed by atoms with Gasteiger partial charge in [0.25, 0.3) is 0 Å². The number of alkyl halides is 1. The zero-order valence-electron chi connectivity index (χ0n) is 8.78. The van der Waals surface area contributed by atoms with E-state index in [1.54, 1.807) is 19.1 Å². The number of sulfonamides is 1. The van der Waals surface area contributed by atoms with Gasteiger partial charge in [-0.2, -0.15) is 0 Å². The van der Waals surface area contributed by atoms with Gasteiger partial charge in [-0.1, -0.05) is 12.1 Å². The summed E-state index contributed by atoms with van der Waals surface area (Å²) in [6.07, 6.45) is 0. The third kappa shape index (κ3) is 4.08. The molecule has 0 aliphatic carbocycles. The van der Waals surface area contributed by atoms with Gasteiger partial charge in [-0.15, -0.1) is 11.6 Å². The van der Waals surface area contributed by atoms with E-state index >= 15 is 0 Å². The minimum Gasteiger partial charge on any atom is -0.212 e. The van der Waals surface area contributed by atoms with Crippen molar-refractivity contribution in [2.45, 2.75) is 13.0 Å². The predicted octanol–water partition coefficient (Wildman–Crippen LogP) is 2.04. The van der Waals surface area contributed by atoms with Gasteiger partial charge in [0.1, 0.15) is 5.82 Å². The van der Waals surface area contributed by atoms with E-state index in [1.165, 1.54) is 12.1 Å². The van der Waals surface area contributed by atoms with Crippen LogP contribution in [0.25, 0.3) is 0 Å². The van der Waals surface area contributed by atoms with Crippen molar-refractivity contribution in [1.29, 1.82) is 0 Å². The Labute approximate surface area is 99.7 Å². The highest BCUT2D eigenvalue weighted by molar-refractivity contribution is 7.89. The van der Waals surface area contributed by atoms with E-state index in [0.717, 1.165) is 0 Å². The van der Waals surface area contributed by atoms with Crippen molar-refractivity contribution in [2.24, 2.45) is 0 Å². The summed E-state index contributed by atoms with van der Waals surface area (Å²) < 4.78 is 37.9. The molecule has 0 aliphatic heterocycles. The maximum absolute atomic E-state index is 12.7. The molecule has 0 fully saturated rings. The van der Waals surface area contributed by atoms with Crippen molar-refractivity contribution in [1.82, 2.24) is 4.72 Å². The van der Waals surface area contributed by atoms with Crippen molar-refractivity contribution in [3.05, 3.63) is 35.6 Å². The first-order valence-electron chi connectivity index (χ1n) is 4.76. The maximum Gasteiger partial charge on any atom is 0.213 e. The van der Waals surface area contributed by atoms with Gasteiger partial charge in [0.2, 0.25) is 10.0 Å². The van der Waals surface area contributed by atoms with Crippen LogP contribution >= 0.6 is 11.6 Å². The van der Waals surface area contributed by atoms with E-state index in [9.17, 15) is 12.8 Å². The Morgan fingerprint density at radius 3 is 2.44 bits per heavy atom. The molecule has 0 saturated heterocycles. The fraction of sp³-hybridized carbons (Fsp3) is 0.400. The Kier molecular flexibility index (Phi) is 4.70. The van der Waals surface area contributed by atoms with Crippen LogP contribution in [0.1, 0.15) is 18.5 Å². The second kappa shape index (κ2) is 5.61. The van der Waals surface area contributed by atoms with Crippen LogP contribution in [0.4, 0.5) is 4.39 Å². The van der Waals surface area contributed by atoms with Crippen molar-refractivity contribution in [3.8, 4) is 0 Å². The van der Waals surface area contributed by atoms with Crippen LogP contribution in [-0.4, -0.2) is 20.1 Å². The lowest BCUT2D eigenvalue weighted by Gasteiger charge is -2.13. The standard InChI is InChI=1S/C10H13ClFNO2S/c1-8(13-16(14,15)7-6-11)9-2-4-10(12)5-3-9/h2-5,8,13H,6-7H2,1H3/t8-/m1/s1. The summed E-state index contributed by atoms with van der Waals surface area (Å²) in [4.78, 5) is 0. The monoisotopic (exact) mass is 265 g/mol. The number of nitrogens with one attached hydrogen (secondary N) is 1. The first-order chi connectivity index (χ1) is 7.44. The smallest absolute Gasteiger partial charge is 0.212 e. The van der Waals surface area contributed by atoms with Crippen LogP contribution in [0.15, 0.2) is 24.3 Å². The molecule has 16 heavy (non-hydrogen) atoms. The largest absolute Gasteiger partial charge is 0.213 e. The molecule has 6 heteroatoms. The zero-order chi connectivity index (χ0) is 12.2. The molecule has 90 valence electrons. The molecular formula is C10H13ClFNO2S. The fourth-order valence-corrected chi connectivity index (χ4v) is 2.85. The van der Waals surface area contributed by atoms with Crippen molar-refractivity contribution in [2.75, 3.05) is 11.6 Å². The Bertz CT molecular complexity index is 433. The summed E-state index contributed by atoms with van der Waals surface area (Å²) in [5, 5.41) is 0. The van der Waals surface area contributed by atoms with Gasteiger partial charge in [0.05, 0.1) is 5.75 Å². The molecule has 0 radical (unpaired) electrons. The predicted molar refractivity (Wildman–Crippen MR) is 62.5 cm³/mol. The van der Waals surface area contributed by atoms with E-state index in [-0.39, 0.29) is 17.5 Å². The highest BCUT2D eigenvalue weighted by atomic mass is 35.5.